The fraction of sp³-hybridized carbons (Fsp3) is 0.571. The van der Waals surface area contributed by atoms with Crippen LogP contribution in [-0.4, -0.2) is 28.7 Å². The van der Waals surface area contributed by atoms with Crippen LogP contribution < -0.4 is 5.73 Å². The minimum absolute atomic E-state index is 0.316. The number of hydrogen-bond acceptors (Lipinski definition) is 3. The van der Waals surface area contributed by atoms with Gasteiger partial charge in [0.1, 0.15) is 5.75 Å². The van der Waals surface area contributed by atoms with Crippen molar-refractivity contribution < 1.29 is 5.11 Å². The molecular formula is C42H68N4O. The fourth-order valence-electron chi connectivity index (χ4n) is 5.01. The lowest BCUT2D eigenvalue weighted by Crippen LogP contribution is -2.08. The molecule has 0 saturated heterocycles. The zero-order valence-electron chi connectivity index (χ0n) is 32.2. The molecule has 0 radical (unpaired) electrons. The van der Waals surface area contributed by atoms with Gasteiger partial charge >= 0.3 is 0 Å². The number of aromatic hydroxyl groups is 1. The minimum Gasteiger partial charge on any atom is -0.508 e. The topological polar surface area (TPSA) is 86.8 Å². The highest BCUT2D eigenvalue weighted by Crippen LogP contribution is 2.27. The van der Waals surface area contributed by atoms with Gasteiger partial charge in [0, 0.05) is 42.0 Å². The molecule has 0 amide bonds. The van der Waals surface area contributed by atoms with Crippen molar-refractivity contribution in [3.8, 4) is 5.75 Å². The van der Waals surface area contributed by atoms with E-state index in [0.717, 1.165) is 38.6 Å². The Labute approximate surface area is 288 Å². The van der Waals surface area contributed by atoms with Crippen LogP contribution in [0, 0.1) is 21.7 Å². The average molecular weight is 645 g/mol. The van der Waals surface area contributed by atoms with E-state index in [0.29, 0.717) is 33.2 Å². The molecule has 47 heavy (non-hydrogen) atoms. The van der Waals surface area contributed by atoms with Gasteiger partial charge in [0.25, 0.3) is 0 Å². The Kier molecular flexibility index (Phi) is 16.7. The van der Waals surface area contributed by atoms with Crippen LogP contribution in [0.3, 0.4) is 0 Å². The largest absolute Gasteiger partial charge is 0.508 e. The Morgan fingerprint density at radius 3 is 1.85 bits per heavy atom. The summed E-state index contributed by atoms with van der Waals surface area (Å²) in [5, 5.41) is 10.4. The number of fused-ring (bicyclic) bond motifs is 1. The predicted molar refractivity (Wildman–Crippen MR) is 209 cm³/mol. The van der Waals surface area contributed by atoms with Crippen molar-refractivity contribution in [2.45, 2.75) is 129 Å². The van der Waals surface area contributed by atoms with Crippen LogP contribution in [0.1, 0.15) is 127 Å². The van der Waals surface area contributed by atoms with Crippen molar-refractivity contribution in [2.75, 3.05) is 6.54 Å². The number of nitrogens with two attached hydrogens (primary N) is 1. The first-order chi connectivity index (χ1) is 21.5. The number of H-pyrrole nitrogens is 1. The number of amidine groups is 1. The quantitative estimate of drug-likeness (QED) is 0.142. The van der Waals surface area contributed by atoms with Gasteiger partial charge in [-0.1, -0.05) is 119 Å². The lowest BCUT2D eigenvalue weighted by molar-refractivity contribution is 0.368. The number of phenols is 1. The number of nitrogens with zero attached hydrogens (tertiary/aromatic N) is 2. The van der Waals surface area contributed by atoms with Gasteiger partial charge in [-0.3, -0.25) is 9.98 Å². The van der Waals surface area contributed by atoms with Gasteiger partial charge in [0.15, 0.2) is 0 Å². The van der Waals surface area contributed by atoms with Gasteiger partial charge in [-0.15, -0.1) is 0 Å². The molecule has 2 heterocycles. The van der Waals surface area contributed by atoms with Crippen molar-refractivity contribution in [3.05, 3.63) is 77.6 Å². The van der Waals surface area contributed by atoms with Gasteiger partial charge in [0.05, 0.1) is 5.84 Å². The second-order valence-corrected chi connectivity index (χ2v) is 17.7. The molecule has 0 bridgehead atoms. The smallest absolute Gasteiger partial charge is 0.115 e. The summed E-state index contributed by atoms with van der Waals surface area (Å²) in [6.07, 6.45) is 13.0. The summed E-state index contributed by atoms with van der Waals surface area (Å²) in [7, 11) is 0. The summed E-state index contributed by atoms with van der Waals surface area (Å²) < 4.78 is 0. The average Bonchev–Trinajstić information content (AvgIpc) is 3.56. The van der Waals surface area contributed by atoms with Crippen molar-refractivity contribution in [2.24, 2.45) is 37.4 Å². The second kappa shape index (κ2) is 18.9. The van der Waals surface area contributed by atoms with Gasteiger partial charge in [-0.2, -0.15) is 0 Å². The molecule has 0 aliphatic carbocycles. The molecule has 4 rings (SSSR count). The van der Waals surface area contributed by atoms with E-state index in [1.165, 1.54) is 34.1 Å². The van der Waals surface area contributed by atoms with Gasteiger partial charge in [-0.25, -0.2) is 0 Å². The van der Waals surface area contributed by atoms with Crippen molar-refractivity contribution in [3.63, 3.8) is 0 Å². The van der Waals surface area contributed by atoms with E-state index in [-0.39, 0.29) is 0 Å². The minimum atomic E-state index is 0.316. The molecule has 1 aromatic heterocycles. The van der Waals surface area contributed by atoms with Crippen molar-refractivity contribution >= 4 is 23.0 Å². The third-order valence-corrected chi connectivity index (χ3v) is 6.94. The number of benzene rings is 2. The number of aliphatic imine (C=N–C) groups is 2. The summed E-state index contributed by atoms with van der Waals surface area (Å²) >= 11 is 0. The lowest BCUT2D eigenvalue weighted by Gasteiger charge is -2.17. The Bertz CT molecular complexity index is 1390. The first kappa shape index (κ1) is 41.7. The van der Waals surface area contributed by atoms with E-state index in [2.05, 4.69) is 135 Å². The normalized spacial score (nSPS) is 13.6. The molecule has 1 aliphatic rings. The molecule has 1 aliphatic heterocycles. The molecule has 0 fully saturated rings. The van der Waals surface area contributed by atoms with Crippen molar-refractivity contribution in [1.82, 2.24) is 4.98 Å². The van der Waals surface area contributed by atoms with Crippen LogP contribution in [0.15, 0.2) is 76.5 Å². The maximum absolute atomic E-state index is 9.05. The maximum atomic E-state index is 9.05. The molecule has 5 nitrogen and oxygen atoms in total. The van der Waals surface area contributed by atoms with Crippen LogP contribution in [0.25, 0.3) is 10.9 Å². The number of para-hydroxylation sites is 1. The van der Waals surface area contributed by atoms with Crippen molar-refractivity contribution in [1.29, 1.82) is 0 Å². The first-order valence-corrected chi connectivity index (χ1v) is 17.3. The number of aromatic amines is 1. The molecule has 0 saturated carbocycles. The van der Waals surface area contributed by atoms with E-state index in [1.54, 1.807) is 12.1 Å². The van der Waals surface area contributed by atoms with Gasteiger partial charge < -0.3 is 15.8 Å². The second-order valence-electron chi connectivity index (χ2n) is 17.7. The Balaban J connectivity index is 0.000000316. The highest BCUT2D eigenvalue weighted by molar-refractivity contribution is 5.83. The van der Waals surface area contributed by atoms with Crippen LogP contribution in [0.5, 0.6) is 5.75 Å². The number of hydrogen-bond donors (Lipinski definition) is 3. The molecule has 0 unspecified atom stereocenters. The highest BCUT2D eigenvalue weighted by atomic mass is 16.3. The van der Waals surface area contributed by atoms with E-state index >= 15 is 0 Å². The summed E-state index contributed by atoms with van der Waals surface area (Å²) in [5.74, 6) is 1.03. The fourth-order valence-corrected chi connectivity index (χ4v) is 5.01. The number of aromatic nitrogens is 1. The highest BCUT2D eigenvalue weighted by Gasteiger charge is 2.15. The van der Waals surface area contributed by atoms with E-state index < -0.39 is 0 Å². The summed E-state index contributed by atoms with van der Waals surface area (Å²) in [6.45, 7) is 29.6. The van der Waals surface area contributed by atoms with Gasteiger partial charge in [0.2, 0.25) is 0 Å². The molecule has 5 heteroatoms. The molecule has 4 N–H and O–H groups in total. The molecule has 2 aromatic carbocycles. The van der Waals surface area contributed by atoms with Crippen LogP contribution in [0.2, 0.25) is 0 Å². The van der Waals surface area contributed by atoms with E-state index in [1.807, 2.05) is 25.3 Å². The van der Waals surface area contributed by atoms with Crippen LogP contribution >= 0.6 is 0 Å². The first-order valence-electron chi connectivity index (χ1n) is 17.3. The monoisotopic (exact) mass is 645 g/mol. The molecule has 262 valence electrons. The number of allylic oxidation sites excluding steroid dienone is 2. The zero-order chi connectivity index (χ0) is 35.9. The summed E-state index contributed by atoms with van der Waals surface area (Å²) in [6, 6.07) is 15.9. The number of phenolic OH excluding ortho intramolecular Hbond substituents is 1. The third-order valence-electron chi connectivity index (χ3n) is 6.94. The lowest BCUT2D eigenvalue weighted by atomic mass is 9.88. The summed E-state index contributed by atoms with van der Waals surface area (Å²) in [5.41, 5.74) is 12.1. The summed E-state index contributed by atoms with van der Waals surface area (Å²) in [4.78, 5) is 11.7. The van der Waals surface area contributed by atoms with E-state index in [9.17, 15) is 0 Å². The van der Waals surface area contributed by atoms with Crippen LogP contribution in [-0.2, 0) is 12.8 Å². The molecular weight excluding hydrogens is 576 g/mol. The molecule has 0 atom stereocenters. The number of nitrogens with one attached hydrogen (secondary N) is 1. The zero-order valence-corrected chi connectivity index (χ0v) is 32.2. The standard InChI is InChI=1S/C13H17N.C11H16O.C9H20N2.C9H15N/c1-13(2,3)8-10-9-14-12-7-5-4-6-11(10)12;1-11(2,3)8-9-4-6-10(12)7-5-9;1-8(10)11-7-5-6-9(2,3)4;1-9(2,3)7-8-5-4-6-10-8/h4-7,9,14H,8H2,1-3H3;4-7,12H,8H2,1-3H3;5-7H2,1-4H3,(H2,10,11);5-6H,4,7H2,1-3H3. The van der Waals surface area contributed by atoms with Crippen LogP contribution in [0.4, 0.5) is 0 Å². The molecule has 3 aromatic rings. The van der Waals surface area contributed by atoms with Gasteiger partial charge in [-0.05, 0) is 90.0 Å². The number of rotatable bonds is 6. The maximum Gasteiger partial charge on any atom is 0.115 e. The Morgan fingerprint density at radius 2 is 1.36 bits per heavy atom. The SMILES string of the molecule is CC(C)(C)CC1=CCC=N1.CC(C)(C)Cc1c[nH]c2ccccc12.CC(C)(C)Cc1ccc(O)cc1.CC(N)=NCCCC(C)(C)C. The predicted octanol–water partition coefficient (Wildman–Crippen LogP) is 11.7. The Hall–Kier alpha value is -3.34. The Morgan fingerprint density at radius 1 is 0.787 bits per heavy atom. The van der Waals surface area contributed by atoms with E-state index in [4.69, 9.17) is 10.8 Å². The molecule has 0 spiro atoms. The third kappa shape index (κ3) is 22.0.